The zero-order valence-electron chi connectivity index (χ0n) is 14.8. The number of ether oxygens (including phenoxy) is 2. The summed E-state index contributed by atoms with van der Waals surface area (Å²) in [5.74, 6) is 1.63. The third-order valence-corrected chi connectivity index (χ3v) is 3.95. The molecule has 0 aliphatic carbocycles. The minimum atomic E-state index is -0.574. The molecule has 0 saturated carbocycles. The molecule has 1 unspecified atom stereocenters. The minimum absolute atomic E-state index is 0.168. The molecule has 1 N–H and O–H groups in total. The van der Waals surface area contributed by atoms with E-state index in [0.29, 0.717) is 29.8 Å². The van der Waals surface area contributed by atoms with Crippen LogP contribution in [0, 0.1) is 0 Å². The van der Waals surface area contributed by atoms with Crippen LogP contribution in [0.5, 0.6) is 11.5 Å². The number of rotatable bonds is 8. The minimum Gasteiger partial charge on any atom is -0.492 e. The SMILES string of the molecule is CC(Oc1ccccc1C(C)C)C(=O)NCCOc1ccc(Cl)cc1. The molecule has 134 valence electrons. The van der Waals surface area contributed by atoms with Crippen LogP contribution in [0.4, 0.5) is 0 Å². The predicted molar refractivity (Wildman–Crippen MR) is 101 cm³/mol. The lowest BCUT2D eigenvalue weighted by molar-refractivity contribution is -0.127. The molecule has 25 heavy (non-hydrogen) atoms. The molecule has 1 atom stereocenters. The van der Waals surface area contributed by atoms with Crippen molar-refractivity contribution < 1.29 is 14.3 Å². The van der Waals surface area contributed by atoms with Crippen molar-refractivity contribution in [3.63, 3.8) is 0 Å². The summed E-state index contributed by atoms with van der Waals surface area (Å²) in [7, 11) is 0. The van der Waals surface area contributed by atoms with Gasteiger partial charge >= 0.3 is 0 Å². The first-order valence-electron chi connectivity index (χ1n) is 8.39. The molecule has 0 aliphatic heterocycles. The molecule has 5 heteroatoms. The first-order valence-corrected chi connectivity index (χ1v) is 8.77. The van der Waals surface area contributed by atoms with Gasteiger partial charge in [0.2, 0.25) is 0 Å². The Bertz CT molecular complexity index is 686. The quantitative estimate of drug-likeness (QED) is 0.708. The average Bonchev–Trinajstić information content (AvgIpc) is 2.60. The van der Waals surface area contributed by atoms with Crippen molar-refractivity contribution in [1.82, 2.24) is 5.32 Å². The van der Waals surface area contributed by atoms with Crippen LogP contribution in [0.15, 0.2) is 48.5 Å². The first kappa shape index (κ1) is 19.1. The molecule has 1 amide bonds. The van der Waals surface area contributed by atoms with E-state index in [1.165, 1.54) is 0 Å². The molecule has 0 bridgehead atoms. The molecule has 0 radical (unpaired) electrons. The number of carbonyl (C=O) groups excluding carboxylic acids is 1. The van der Waals surface area contributed by atoms with Crippen molar-refractivity contribution >= 4 is 17.5 Å². The Labute approximate surface area is 154 Å². The molecule has 0 aliphatic rings. The number of para-hydroxylation sites is 1. The van der Waals surface area contributed by atoms with Gasteiger partial charge in [0.15, 0.2) is 6.10 Å². The Morgan fingerprint density at radius 1 is 1.08 bits per heavy atom. The van der Waals surface area contributed by atoms with E-state index in [2.05, 4.69) is 19.2 Å². The highest BCUT2D eigenvalue weighted by Gasteiger charge is 2.16. The van der Waals surface area contributed by atoms with Gasteiger partial charge in [-0.3, -0.25) is 4.79 Å². The second kappa shape index (κ2) is 9.33. The molecular weight excluding hydrogens is 338 g/mol. The number of carbonyl (C=O) groups is 1. The van der Waals surface area contributed by atoms with Crippen LogP contribution in [-0.4, -0.2) is 25.2 Å². The Hall–Kier alpha value is -2.20. The largest absolute Gasteiger partial charge is 0.492 e. The maximum atomic E-state index is 12.2. The van der Waals surface area contributed by atoms with E-state index in [1.54, 1.807) is 31.2 Å². The van der Waals surface area contributed by atoms with Gasteiger partial charge < -0.3 is 14.8 Å². The molecule has 0 saturated heterocycles. The van der Waals surface area contributed by atoms with Crippen molar-refractivity contribution in [1.29, 1.82) is 0 Å². The van der Waals surface area contributed by atoms with Crippen molar-refractivity contribution in [2.45, 2.75) is 32.8 Å². The van der Waals surface area contributed by atoms with E-state index in [4.69, 9.17) is 21.1 Å². The molecule has 2 aromatic rings. The predicted octanol–water partition coefficient (Wildman–Crippen LogP) is 4.43. The van der Waals surface area contributed by atoms with Gasteiger partial charge in [-0.2, -0.15) is 0 Å². The van der Waals surface area contributed by atoms with Gasteiger partial charge in [-0.1, -0.05) is 43.6 Å². The zero-order chi connectivity index (χ0) is 18.2. The molecule has 2 rings (SSSR count). The van der Waals surface area contributed by atoms with Crippen LogP contribution < -0.4 is 14.8 Å². The average molecular weight is 362 g/mol. The number of hydrogen-bond acceptors (Lipinski definition) is 3. The Morgan fingerprint density at radius 3 is 2.44 bits per heavy atom. The van der Waals surface area contributed by atoms with E-state index >= 15 is 0 Å². The normalized spacial score (nSPS) is 11.9. The second-order valence-electron chi connectivity index (χ2n) is 6.05. The van der Waals surface area contributed by atoms with Crippen LogP contribution >= 0.6 is 11.6 Å². The van der Waals surface area contributed by atoms with Gasteiger partial charge in [-0.25, -0.2) is 0 Å². The number of amides is 1. The fourth-order valence-electron chi connectivity index (χ4n) is 2.33. The summed E-state index contributed by atoms with van der Waals surface area (Å²) in [6.45, 7) is 6.72. The number of nitrogens with one attached hydrogen (secondary N) is 1. The zero-order valence-corrected chi connectivity index (χ0v) is 15.5. The van der Waals surface area contributed by atoms with Crippen LogP contribution in [-0.2, 0) is 4.79 Å². The summed E-state index contributed by atoms with van der Waals surface area (Å²) < 4.78 is 11.4. The van der Waals surface area contributed by atoms with E-state index in [1.807, 2.05) is 24.3 Å². The van der Waals surface area contributed by atoms with Crippen molar-refractivity contribution in [3.05, 3.63) is 59.1 Å². The fraction of sp³-hybridized carbons (Fsp3) is 0.350. The van der Waals surface area contributed by atoms with Gasteiger partial charge in [-0.15, -0.1) is 0 Å². The Balaban J connectivity index is 1.78. The molecule has 0 aromatic heterocycles. The Kier molecular flexibility index (Phi) is 7.14. The fourth-order valence-corrected chi connectivity index (χ4v) is 2.45. The monoisotopic (exact) mass is 361 g/mol. The Morgan fingerprint density at radius 2 is 1.76 bits per heavy atom. The van der Waals surface area contributed by atoms with Gasteiger partial charge in [0, 0.05) is 5.02 Å². The number of hydrogen-bond donors (Lipinski definition) is 1. The van der Waals surface area contributed by atoms with Crippen molar-refractivity contribution in [2.24, 2.45) is 0 Å². The highest BCUT2D eigenvalue weighted by molar-refractivity contribution is 6.30. The lowest BCUT2D eigenvalue weighted by Crippen LogP contribution is -2.38. The van der Waals surface area contributed by atoms with Crippen LogP contribution in [0.3, 0.4) is 0 Å². The molecule has 0 heterocycles. The molecule has 0 spiro atoms. The standard InChI is InChI=1S/C20H24ClNO3/c1-14(2)18-6-4-5-7-19(18)25-15(3)20(23)22-12-13-24-17-10-8-16(21)9-11-17/h4-11,14-15H,12-13H2,1-3H3,(H,22,23). The maximum absolute atomic E-state index is 12.2. The lowest BCUT2D eigenvalue weighted by Gasteiger charge is -2.18. The molecule has 0 fully saturated rings. The first-order chi connectivity index (χ1) is 12.0. The van der Waals surface area contributed by atoms with E-state index in [9.17, 15) is 4.79 Å². The number of halogens is 1. The summed E-state index contributed by atoms with van der Waals surface area (Å²) in [4.78, 5) is 12.2. The van der Waals surface area contributed by atoms with E-state index in [0.717, 1.165) is 11.3 Å². The van der Waals surface area contributed by atoms with Crippen molar-refractivity contribution in [3.8, 4) is 11.5 Å². The summed E-state index contributed by atoms with van der Waals surface area (Å²) >= 11 is 5.82. The van der Waals surface area contributed by atoms with Gasteiger partial charge in [0.1, 0.15) is 18.1 Å². The molecular formula is C20H24ClNO3. The van der Waals surface area contributed by atoms with Crippen LogP contribution in [0.25, 0.3) is 0 Å². The highest BCUT2D eigenvalue weighted by atomic mass is 35.5. The van der Waals surface area contributed by atoms with Gasteiger partial charge in [0.25, 0.3) is 5.91 Å². The highest BCUT2D eigenvalue weighted by Crippen LogP contribution is 2.26. The topological polar surface area (TPSA) is 47.6 Å². The van der Waals surface area contributed by atoms with Gasteiger partial charge in [-0.05, 0) is 48.7 Å². The van der Waals surface area contributed by atoms with Crippen LogP contribution in [0.2, 0.25) is 5.02 Å². The molecule has 2 aromatic carbocycles. The van der Waals surface area contributed by atoms with Crippen LogP contribution in [0.1, 0.15) is 32.3 Å². The summed E-state index contributed by atoms with van der Waals surface area (Å²) in [5.41, 5.74) is 1.09. The van der Waals surface area contributed by atoms with E-state index < -0.39 is 6.10 Å². The number of benzene rings is 2. The maximum Gasteiger partial charge on any atom is 0.260 e. The lowest BCUT2D eigenvalue weighted by atomic mass is 10.0. The smallest absolute Gasteiger partial charge is 0.260 e. The summed E-state index contributed by atoms with van der Waals surface area (Å²) in [6.07, 6.45) is -0.574. The van der Waals surface area contributed by atoms with Crippen molar-refractivity contribution in [2.75, 3.05) is 13.2 Å². The molecule has 4 nitrogen and oxygen atoms in total. The third-order valence-electron chi connectivity index (χ3n) is 3.70. The third kappa shape index (κ3) is 5.98. The summed E-state index contributed by atoms with van der Waals surface area (Å²) in [5, 5.41) is 3.48. The summed E-state index contributed by atoms with van der Waals surface area (Å²) in [6, 6.07) is 14.9. The van der Waals surface area contributed by atoms with E-state index in [-0.39, 0.29) is 5.91 Å². The van der Waals surface area contributed by atoms with Gasteiger partial charge in [0.05, 0.1) is 6.54 Å². The second-order valence-corrected chi connectivity index (χ2v) is 6.48.